The van der Waals surface area contributed by atoms with E-state index in [9.17, 15) is 0 Å². The van der Waals surface area contributed by atoms with Gasteiger partial charge in [-0.25, -0.2) is 29.9 Å². The molecule has 0 aliphatic heterocycles. The Morgan fingerprint density at radius 1 is 0.295 bits per heavy atom. The highest BCUT2D eigenvalue weighted by molar-refractivity contribution is 6.10. The lowest BCUT2D eigenvalue weighted by molar-refractivity contribution is 1.16. The molecule has 0 saturated carbocycles. The standard InChI is InChI=1S/C53H34N8/c1-2-12-45(13-3-1)61-52-19-18-37(27-46(52)47-32-54-21-20-53(47)61)42-25-40(35-8-4-10-38(22-35)48-14-6-16-50(59-48)43-28-55-33-56-29-43)24-41(26-42)36-9-5-11-39(23-36)49-15-7-17-51(60-49)44-30-57-34-58-31-44/h1-34H. The lowest BCUT2D eigenvalue weighted by Gasteiger charge is -2.14. The third-order valence-electron chi connectivity index (χ3n) is 11.0. The average molecular weight is 783 g/mol. The molecule has 11 rings (SSSR count). The summed E-state index contributed by atoms with van der Waals surface area (Å²) in [5.41, 5.74) is 17.1. The summed E-state index contributed by atoms with van der Waals surface area (Å²) in [6.45, 7) is 0. The van der Waals surface area contributed by atoms with Crippen LogP contribution in [0.1, 0.15) is 0 Å². The molecule has 11 aromatic rings. The third kappa shape index (κ3) is 6.88. The van der Waals surface area contributed by atoms with E-state index in [4.69, 9.17) is 9.97 Å². The second-order valence-electron chi connectivity index (χ2n) is 14.8. The fourth-order valence-electron chi connectivity index (χ4n) is 8.12. The number of para-hydroxylation sites is 1. The van der Waals surface area contributed by atoms with Crippen molar-refractivity contribution in [2.75, 3.05) is 0 Å². The second kappa shape index (κ2) is 15.4. The molecule has 5 aromatic carbocycles. The molecule has 0 fully saturated rings. The molecule has 61 heavy (non-hydrogen) atoms. The minimum atomic E-state index is 0.823. The second-order valence-corrected chi connectivity index (χ2v) is 14.8. The van der Waals surface area contributed by atoms with Crippen LogP contribution in [0.3, 0.4) is 0 Å². The maximum absolute atomic E-state index is 5.02. The van der Waals surface area contributed by atoms with Gasteiger partial charge in [0.15, 0.2) is 0 Å². The van der Waals surface area contributed by atoms with E-state index in [1.807, 2.05) is 48.8 Å². The smallest absolute Gasteiger partial charge is 0.115 e. The Morgan fingerprint density at radius 3 is 1.31 bits per heavy atom. The SMILES string of the molecule is c1ccc(-n2c3ccncc3c3cc(-c4cc(-c5cccc(-c6cccc(-c7cncnc7)n6)c5)cc(-c5cccc(-c6cccc(-c7cncnc7)n6)c5)c4)ccc32)cc1. The molecule has 0 bridgehead atoms. The first-order valence-corrected chi connectivity index (χ1v) is 20.0. The quantitative estimate of drug-likeness (QED) is 0.151. The zero-order valence-corrected chi connectivity index (χ0v) is 32.7. The summed E-state index contributed by atoms with van der Waals surface area (Å²) in [6.07, 6.45) is 14.1. The summed E-state index contributed by atoms with van der Waals surface area (Å²) in [4.78, 5) is 31.4. The number of rotatable bonds is 8. The summed E-state index contributed by atoms with van der Waals surface area (Å²) in [7, 11) is 0. The molecule has 0 amide bonds. The van der Waals surface area contributed by atoms with E-state index in [2.05, 4.69) is 151 Å². The van der Waals surface area contributed by atoms with E-state index >= 15 is 0 Å². The van der Waals surface area contributed by atoms with Crippen LogP contribution in [-0.2, 0) is 0 Å². The molecule has 286 valence electrons. The summed E-state index contributed by atoms with van der Waals surface area (Å²) < 4.78 is 2.32. The number of benzene rings is 5. The van der Waals surface area contributed by atoms with Crippen molar-refractivity contribution in [2.45, 2.75) is 0 Å². The van der Waals surface area contributed by atoms with E-state index in [-0.39, 0.29) is 0 Å². The van der Waals surface area contributed by atoms with Crippen LogP contribution in [0, 0.1) is 0 Å². The summed E-state index contributed by atoms with van der Waals surface area (Å²) in [5.74, 6) is 0. The van der Waals surface area contributed by atoms with Gasteiger partial charge in [0, 0.05) is 75.9 Å². The summed E-state index contributed by atoms with van der Waals surface area (Å²) in [6, 6.07) is 55.6. The van der Waals surface area contributed by atoms with E-state index in [0.717, 1.165) is 106 Å². The van der Waals surface area contributed by atoms with Crippen molar-refractivity contribution in [3.05, 3.63) is 208 Å². The summed E-state index contributed by atoms with van der Waals surface area (Å²) in [5, 5.41) is 2.25. The highest BCUT2D eigenvalue weighted by Gasteiger charge is 2.16. The normalized spacial score (nSPS) is 11.3. The monoisotopic (exact) mass is 782 g/mol. The van der Waals surface area contributed by atoms with E-state index < -0.39 is 0 Å². The Kier molecular flexibility index (Phi) is 8.98. The van der Waals surface area contributed by atoms with Crippen LogP contribution in [0.2, 0.25) is 0 Å². The van der Waals surface area contributed by atoms with Gasteiger partial charge in [0.05, 0.1) is 33.8 Å². The molecule has 8 nitrogen and oxygen atoms in total. The molecule has 0 aliphatic rings. The molecule has 0 unspecified atom stereocenters. The predicted octanol–water partition coefficient (Wildman–Crippen LogP) is 12.2. The lowest BCUT2D eigenvalue weighted by Crippen LogP contribution is -1.93. The Balaban J connectivity index is 1.06. The zero-order valence-electron chi connectivity index (χ0n) is 32.7. The van der Waals surface area contributed by atoms with Crippen molar-refractivity contribution < 1.29 is 0 Å². The molecule has 8 heteroatoms. The van der Waals surface area contributed by atoms with Crippen LogP contribution >= 0.6 is 0 Å². The van der Waals surface area contributed by atoms with E-state index in [1.165, 1.54) is 12.7 Å². The Labute approximate surface area is 351 Å². The van der Waals surface area contributed by atoms with Gasteiger partial charge in [-0.15, -0.1) is 0 Å². The van der Waals surface area contributed by atoms with Crippen molar-refractivity contribution in [1.82, 2.24) is 39.5 Å². The fraction of sp³-hybridized carbons (Fsp3) is 0. The summed E-state index contributed by atoms with van der Waals surface area (Å²) >= 11 is 0. The van der Waals surface area contributed by atoms with Gasteiger partial charge in [0.1, 0.15) is 12.7 Å². The van der Waals surface area contributed by atoms with Crippen LogP contribution in [0.25, 0.3) is 106 Å². The Morgan fingerprint density at radius 2 is 0.754 bits per heavy atom. The largest absolute Gasteiger partial charge is 0.309 e. The molecule has 0 atom stereocenters. The Bertz CT molecular complexity index is 3220. The molecule has 0 radical (unpaired) electrons. The topological polar surface area (TPSA) is 95.2 Å². The number of pyridine rings is 3. The van der Waals surface area contributed by atoms with Crippen LogP contribution in [0.15, 0.2) is 208 Å². The molecular weight excluding hydrogens is 749 g/mol. The molecule has 0 saturated heterocycles. The van der Waals surface area contributed by atoms with Crippen LogP contribution < -0.4 is 0 Å². The first kappa shape index (κ1) is 35.7. The van der Waals surface area contributed by atoms with Crippen LogP contribution in [0.5, 0.6) is 0 Å². The van der Waals surface area contributed by atoms with Crippen LogP contribution in [-0.4, -0.2) is 39.5 Å². The highest BCUT2D eigenvalue weighted by atomic mass is 15.0. The van der Waals surface area contributed by atoms with Gasteiger partial charge >= 0.3 is 0 Å². The van der Waals surface area contributed by atoms with Crippen molar-refractivity contribution in [2.24, 2.45) is 0 Å². The minimum absolute atomic E-state index is 0.823. The van der Waals surface area contributed by atoms with E-state index in [0.29, 0.717) is 0 Å². The van der Waals surface area contributed by atoms with Gasteiger partial charge in [-0.1, -0.05) is 72.8 Å². The number of fused-ring (bicyclic) bond motifs is 3. The molecule has 0 spiro atoms. The fourth-order valence-corrected chi connectivity index (χ4v) is 8.12. The highest BCUT2D eigenvalue weighted by Crippen LogP contribution is 2.39. The minimum Gasteiger partial charge on any atom is -0.309 e. The number of hydrogen-bond donors (Lipinski definition) is 0. The lowest BCUT2D eigenvalue weighted by atomic mass is 9.91. The first-order chi connectivity index (χ1) is 30.2. The van der Waals surface area contributed by atoms with Crippen molar-refractivity contribution in [1.29, 1.82) is 0 Å². The van der Waals surface area contributed by atoms with Gasteiger partial charge in [-0.3, -0.25) is 4.98 Å². The number of nitrogens with zero attached hydrogens (tertiary/aromatic N) is 8. The Hall–Kier alpha value is -8.49. The van der Waals surface area contributed by atoms with Crippen LogP contribution in [0.4, 0.5) is 0 Å². The molecule has 0 aliphatic carbocycles. The molecule has 6 heterocycles. The van der Waals surface area contributed by atoms with Crippen molar-refractivity contribution in [3.63, 3.8) is 0 Å². The van der Waals surface area contributed by atoms with Gasteiger partial charge < -0.3 is 4.57 Å². The number of aromatic nitrogens is 8. The third-order valence-corrected chi connectivity index (χ3v) is 11.0. The zero-order chi connectivity index (χ0) is 40.5. The first-order valence-electron chi connectivity index (χ1n) is 20.0. The molecule has 6 aromatic heterocycles. The van der Waals surface area contributed by atoms with E-state index in [1.54, 1.807) is 24.8 Å². The number of hydrogen-bond acceptors (Lipinski definition) is 7. The van der Waals surface area contributed by atoms with Gasteiger partial charge in [0.25, 0.3) is 0 Å². The van der Waals surface area contributed by atoms with Gasteiger partial charge in [0.2, 0.25) is 0 Å². The van der Waals surface area contributed by atoms with Crippen molar-refractivity contribution in [3.8, 4) is 84.1 Å². The maximum Gasteiger partial charge on any atom is 0.115 e. The maximum atomic E-state index is 5.02. The van der Waals surface area contributed by atoms with Gasteiger partial charge in [-0.05, 0) is 118 Å². The molecular formula is C53H34N8. The average Bonchev–Trinajstić information content (AvgIpc) is 3.68. The van der Waals surface area contributed by atoms with Crippen molar-refractivity contribution >= 4 is 21.8 Å². The predicted molar refractivity (Wildman–Crippen MR) is 243 cm³/mol. The van der Waals surface area contributed by atoms with Gasteiger partial charge in [-0.2, -0.15) is 0 Å². The molecule has 0 N–H and O–H groups in total.